The van der Waals surface area contributed by atoms with Gasteiger partial charge in [0.2, 0.25) is 0 Å². The fourth-order valence-corrected chi connectivity index (χ4v) is 18.1. The summed E-state index contributed by atoms with van der Waals surface area (Å²) in [7, 11) is 0. The first-order valence-electron chi connectivity index (χ1n) is 39.7. The topological polar surface area (TPSA) is 66.3 Å². The average molecular weight is 1510 g/mol. The summed E-state index contributed by atoms with van der Waals surface area (Å²) in [6.45, 7) is 0. The Morgan fingerprint density at radius 1 is 0.214 bits per heavy atom. The Morgan fingerprint density at radius 2 is 0.538 bits per heavy atom. The van der Waals surface area contributed by atoms with Crippen molar-refractivity contribution < 1.29 is 0 Å². The van der Waals surface area contributed by atoms with Crippen molar-refractivity contribution in [2.24, 2.45) is 0 Å². The number of benzene rings is 18. The van der Waals surface area contributed by atoms with Gasteiger partial charge >= 0.3 is 0 Å². The van der Waals surface area contributed by atoms with Crippen molar-refractivity contribution in [1.29, 1.82) is 0 Å². The van der Waals surface area contributed by atoms with Gasteiger partial charge in [-0.15, -0.1) is 0 Å². The van der Waals surface area contributed by atoms with Crippen LogP contribution < -0.4 is 0 Å². The highest BCUT2D eigenvalue weighted by Crippen LogP contribution is 2.46. The first kappa shape index (κ1) is 68.6. The van der Waals surface area contributed by atoms with Crippen LogP contribution in [0.4, 0.5) is 0 Å². The molecule has 23 aromatic rings. The molecular weight excluding hydrogens is 1440 g/mol. The number of fused-ring (bicyclic) bond motifs is 18. The molecule has 5 aromatic heterocycles. The summed E-state index contributed by atoms with van der Waals surface area (Å²) in [6.07, 6.45) is 1.10. The molecule has 0 N–H and O–H groups in total. The van der Waals surface area contributed by atoms with Gasteiger partial charge in [0.05, 0.1) is 55.2 Å². The maximum atomic E-state index is 6.61. The minimum Gasteiger partial charge on any atom is -0.309 e. The van der Waals surface area contributed by atoms with Crippen LogP contribution in [0.5, 0.6) is 0 Å². The molecule has 0 fully saturated rings. The molecule has 0 unspecified atom stereocenters. The van der Waals surface area contributed by atoms with Crippen molar-refractivity contribution in [3.63, 3.8) is 0 Å². The monoisotopic (exact) mass is 1510 g/mol. The van der Waals surface area contributed by atoms with Gasteiger partial charge in [-0.05, 0) is 180 Å². The lowest BCUT2D eigenvalue weighted by Crippen LogP contribution is -2.04. The minimum atomic E-state index is 0.704. The predicted octanol–water partition coefficient (Wildman–Crippen LogP) is 28.8. The quantitative estimate of drug-likeness (QED) is 0.144. The Kier molecular flexibility index (Phi) is 16.9. The molecule has 18 aromatic carbocycles. The van der Waals surface area contributed by atoms with Gasteiger partial charge < -0.3 is 4.57 Å². The molecule has 0 bridgehead atoms. The number of halogens is 1. The van der Waals surface area contributed by atoms with Gasteiger partial charge in [0, 0.05) is 54.2 Å². The number of para-hydroxylation sites is 6. The lowest BCUT2D eigenvalue weighted by Gasteiger charge is -2.15. The summed E-state index contributed by atoms with van der Waals surface area (Å²) in [6, 6.07) is 146. The molecule has 0 saturated heterocycles. The number of hydrogen-bond acceptors (Lipinski definition) is 4. The maximum absolute atomic E-state index is 6.61. The molecule has 0 saturated carbocycles. The van der Waals surface area contributed by atoms with Gasteiger partial charge in [-0.3, -0.25) is 9.13 Å². The van der Waals surface area contributed by atoms with Crippen LogP contribution in [-0.2, 0) is 6.42 Å². The van der Waals surface area contributed by atoms with Crippen LogP contribution in [-0.4, -0.2) is 33.6 Å². The van der Waals surface area contributed by atoms with E-state index in [9.17, 15) is 0 Å². The van der Waals surface area contributed by atoms with E-state index >= 15 is 0 Å². The molecule has 24 rings (SSSR count). The number of rotatable bonds is 9. The minimum absolute atomic E-state index is 0.704. The van der Waals surface area contributed by atoms with Gasteiger partial charge in [-0.2, -0.15) is 0 Å². The summed E-state index contributed by atoms with van der Waals surface area (Å²) in [5, 5.41) is 12.6. The highest BCUT2D eigenvalue weighted by molar-refractivity contribution is 6.33. The van der Waals surface area contributed by atoms with E-state index < -0.39 is 0 Å². The van der Waals surface area contributed by atoms with Crippen LogP contribution in [0.15, 0.2) is 413 Å². The van der Waals surface area contributed by atoms with Crippen LogP contribution in [0.3, 0.4) is 0 Å². The average Bonchev–Trinajstić information content (AvgIpc) is 1.57. The van der Waals surface area contributed by atoms with Crippen LogP contribution in [0.2, 0.25) is 5.02 Å². The molecule has 0 spiro atoms. The highest BCUT2D eigenvalue weighted by atomic mass is 35.5. The second-order valence-corrected chi connectivity index (χ2v) is 30.4. The summed E-state index contributed by atoms with van der Waals surface area (Å²) in [4.78, 5) is 21.4. The smallest absolute Gasteiger partial charge is 0.165 e. The SMILES string of the molecule is Clc1ccc2c(c1)c1c3ccccc3ccc1n2-c1nc2ccccc2nc1-c1ccc(-c2ccccc2-c2ccccc2)cc1.c1ccc(-c2ccccc2-c2ccc(-c3nc4ccccc4nc3-n3c4ccc(-n5c6ccccc6c6ccccc65)cc4c4c5ccccc5ccc43)cc2)cc1.c1ccc2c(c1)Cc1ccccc1-2. The molecule has 5 heterocycles. The largest absolute Gasteiger partial charge is 0.309 e. The Balaban J connectivity index is 0.000000124. The van der Waals surface area contributed by atoms with Crippen molar-refractivity contribution in [2.45, 2.75) is 6.42 Å². The summed E-state index contributed by atoms with van der Waals surface area (Å²) < 4.78 is 6.98. The fraction of sp³-hybridized carbons (Fsp3) is 0.00917. The third-order valence-electron chi connectivity index (χ3n) is 23.3. The molecule has 0 atom stereocenters. The molecule has 7 nitrogen and oxygen atoms in total. The number of aromatic nitrogens is 7. The zero-order valence-corrected chi connectivity index (χ0v) is 64.2. The lowest BCUT2D eigenvalue weighted by atomic mass is 9.94. The van der Waals surface area contributed by atoms with E-state index in [2.05, 4.69) is 384 Å². The van der Waals surface area contributed by atoms with E-state index in [0.717, 1.165) is 112 Å². The molecule has 8 heteroatoms. The van der Waals surface area contributed by atoms with E-state index in [0.29, 0.717) is 5.02 Å². The van der Waals surface area contributed by atoms with E-state index in [1.165, 1.54) is 110 Å². The van der Waals surface area contributed by atoms with E-state index in [4.69, 9.17) is 31.5 Å². The molecule has 1 aliphatic rings. The van der Waals surface area contributed by atoms with Gasteiger partial charge in [0.1, 0.15) is 11.4 Å². The van der Waals surface area contributed by atoms with Crippen LogP contribution in [0, 0.1) is 0 Å². The summed E-state index contributed by atoms with van der Waals surface area (Å²) in [5.74, 6) is 1.59. The van der Waals surface area contributed by atoms with Gasteiger partial charge in [-0.25, -0.2) is 19.9 Å². The zero-order valence-electron chi connectivity index (χ0n) is 63.5. The van der Waals surface area contributed by atoms with E-state index in [1.54, 1.807) is 0 Å². The second kappa shape index (κ2) is 28.8. The number of nitrogens with zero attached hydrogens (tertiary/aromatic N) is 7. The molecular formula is C109H70ClN7. The Bertz CT molecular complexity index is 7760. The van der Waals surface area contributed by atoms with E-state index in [-0.39, 0.29) is 0 Å². The Hall–Kier alpha value is -15.2. The van der Waals surface area contributed by atoms with Crippen molar-refractivity contribution in [1.82, 2.24) is 33.6 Å². The van der Waals surface area contributed by atoms with Crippen molar-refractivity contribution in [3.05, 3.63) is 429 Å². The molecule has 0 radical (unpaired) electrons. The van der Waals surface area contributed by atoms with Crippen molar-refractivity contribution in [2.75, 3.05) is 0 Å². The van der Waals surface area contributed by atoms with E-state index in [1.807, 2.05) is 42.5 Å². The second-order valence-electron chi connectivity index (χ2n) is 30.0. The summed E-state index contributed by atoms with van der Waals surface area (Å²) >= 11 is 6.61. The molecule has 117 heavy (non-hydrogen) atoms. The number of hydrogen-bond donors (Lipinski definition) is 0. The summed E-state index contributed by atoms with van der Waals surface area (Å²) in [5.41, 5.74) is 30.1. The molecule has 0 amide bonds. The first-order valence-corrected chi connectivity index (χ1v) is 40.1. The fourth-order valence-electron chi connectivity index (χ4n) is 17.9. The Morgan fingerprint density at radius 3 is 0.991 bits per heavy atom. The van der Waals surface area contributed by atoms with Crippen LogP contribution in [0.1, 0.15) is 11.1 Å². The molecule has 0 aliphatic heterocycles. The molecule has 1 aliphatic carbocycles. The van der Waals surface area contributed by atoms with Crippen molar-refractivity contribution >= 4 is 121 Å². The predicted molar refractivity (Wildman–Crippen MR) is 489 cm³/mol. The normalized spacial score (nSPS) is 11.8. The maximum Gasteiger partial charge on any atom is 0.165 e. The Labute approximate surface area is 680 Å². The van der Waals surface area contributed by atoms with Crippen LogP contribution in [0.25, 0.3) is 205 Å². The standard InChI is InChI=1S/C54H34N4.C42H26ClN3.C13H10/c1-2-14-35(15-3-1)40-17-6-7-18-41(40)37-26-28-38(29-27-37)53-54(56-47-23-11-10-22-46(47)55-53)58-50-33-31-39(34-45(50)52-42-19-5-4-16-36(42)30-32-51(52)58)57-48-24-12-8-20-43(48)44-21-9-13-25-49(44)57;43-31-23-25-38-35(26-31)40-34-15-5-4-12-28(34)22-24-39(40)46(38)42-41(44-36-16-8-9-17-37(36)45-42)30-20-18-29(19-21-30)33-14-7-6-13-32(33)27-10-2-1-3-11-27;1-3-7-12-10(5-1)9-11-6-2-4-8-13(11)12/h1-34H;1-26H;1-8H,9H2. The zero-order chi connectivity index (χ0) is 77.4. The van der Waals surface area contributed by atoms with Crippen molar-refractivity contribution in [3.8, 4) is 95.5 Å². The van der Waals surface area contributed by atoms with Gasteiger partial charge in [-0.1, -0.05) is 339 Å². The lowest BCUT2D eigenvalue weighted by molar-refractivity contribution is 1.08. The first-order chi connectivity index (χ1) is 58.0. The van der Waals surface area contributed by atoms with Gasteiger partial charge in [0.25, 0.3) is 0 Å². The molecule has 548 valence electrons. The van der Waals surface area contributed by atoms with Crippen LogP contribution >= 0.6 is 11.6 Å². The van der Waals surface area contributed by atoms with Gasteiger partial charge in [0.15, 0.2) is 11.6 Å². The highest BCUT2D eigenvalue weighted by Gasteiger charge is 2.26. The third kappa shape index (κ3) is 12.0. The third-order valence-corrected chi connectivity index (χ3v) is 23.5.